The molecule has 0 amide bonds. The Morgan fingerprint density at radius 1 is 1.50 bits per heavy atom. The highest BCUT2D eigenvalue weighted by Gasteiger charge is 2.23. The van der Waals surface area contributed by atoms with Gasteiger partial charge in [-0.05, 0) is 35.0 Å². The van der Waals surface area contributed by atoms with Gasteiger partial charge in [0.05, 0.1) is 5.69 Å². The number of hydrogen-bond donors (Lipinski definition) is 2. The Morgan fingerprint density at radius 2 is 2.22 bits per heavy atom. The van der Waals surface area contributed by atoms with Crippen LogP contribution in [0.25, 0.3) is 0 Å². The van der Waals surface area contributed by atoms with Crippen LogP contribution in [0, 0.1) is 6.92 Å². The second-order valence-corrected chi connectivity index (χ2v) is 5.80. The molecule has 2 N–H and O–H groups in total. The Labute approximate surface area is 111 Å². The summed E-state index contributed by atoms with van der Waals surface area (Å²) in [5.41, 5.74) is 0.517. The topological polar surface area (TPSA) is 106 Å². The first-order valence-electron chi connectivity index (χ1n) is 4.78. The number of sulfonamides is 1. The van der Waals surface area contributed by atoms with Gasteiger partial charge in [-0.15, -0.1) is 0 Å². The van der Waals surface area contributed by atoms with Crippen molar-refractivity contribution in [1.29, 1.82) is 0 Å². The van der Waals surface area contributed by atoms with Gasteiger partial charge in [-0.2, -0.15) is 8.42 Å². The number of aryl methyl sites for hydroxylation is 1. The lowest BCUT2D eigenvalue weighted by Gasteiger charge is -2.01. The molecule has 2 aromatic rings. The molecular formula is C9H9BrN2O5S. The molecule has 0 aliphatic rings. The van der Waals surface area contributed by atoms with E-state index in [0.717, 1.165) is 0 Å². The maximum absolute atomic E-state index is 11.9. The second-order valence-electron chi connectivity index (χ2n) is 3.40. The van der Waals surface area contributed by atoms with Crippen LogP contribution in [0.1, 0.15) is 11.5 Å². The maximum atomic E-state index is 11.9. The van der Waals surface area contributed by atoms with E-state index >= 15 is 0 Å². The van der Waals surface area contributed by atoms with Crippen molar-refractivity contribution in [2.24, 2.45) is 0 Å². The highest BCUT2D eigenvalue weighted by atomic mass is 79.9. The number of anilines is 1. The van der Waals surface area contributed by atoms with Crippen molar-refractivity contribution in [2.45, 2.75) is 18.6 Å². The summed E-state index contributed by atoms with van der Waals surface area (Å²) in [7, 11) is -3.90. The van der Waals surface area contributed by atoms with E-state index in [2.05, 4.69) is 25.8 Å². The third kappa shape index (κ3) is 2.42. The van der Waals surface area contributed by atoms with E-state index in [-0.39, 0.29) is 23.3 Å². The minimum atomic E-state index is -3.90. The summed E-state index contributed by atoms with van der Waals surface area (Å²) < 4.78 is 36.1. The molecule has 2 rings (SSSR count). The van der Waals surface area contributed by atoms with Crippen molar-refractivity contribution in [2.75, 3.05) is 4.72 Å². The zero-order chi connectivity index (χ0) is 13.3. The number of aromatic nitrogens is 1. The fourth-order valence-electron chi connectivity index (χ4n) is 1.18. The summed E-state index contributed by atoms with van der Waals surface area (Å²) in [4.78, 5) is 0. The van der Waals surface area contributed by atoms with Crippen LogP contribution in [0.15, 0.2) is 30.6 Å². The zero-order valence-electron chi connectivity index (χ0n) is 9.18. The van der Waals surface area contributed by atoms with Gasteiger partial charge in [-0.1, -0.05) is 5.16 Å². The molecule has 9 heteroatoms. The van der Waals surface area contributed by atoms with Gasteiger partial charge in [0.25, 0.3) is 15.9 Å². The highest BCUT2D eigenvalue weighted by molar-refractivity contribution is 9.10. The van der Waals surface area contributed by atoms with Crippen molar-refractivity contribution in [3.05, 3.63) is 28.1 Å². The van der Waals surface area contributed by atoms with Crippen molar-refractivity contribution in [3.8, 4) is 0 Å². The summed E-state index contributed by atoms with van der Waals surface area (Å²) in [6.45, 7) is 1.28. The molecule has 2 aromatic heterocycles. The third-order valence-electron chi connectivity index (χ3n) is 2.08. The fraction of sp³-hybridized carbons (Fsp3) is 0.222. The number of hydrogen-bond acceptors (Lipinski definition) is 6. The largest absolute Gasteiger partial charge is 0.445 e. The summed E-state index contributed by atoms with van der Waals surface area (Å²) in [5, 5.41) is 12.1. The molecule has 0 spiro atoms. The van der Waals surface area contributed by atoms with Gasteiger partial charge in [0.15, 0.2) is 0 Å². The van der Waals surface area contributed by atoms with Gasteiger partial charge in [0.2, 0.25) is 5.09 Å². The third-order valence-corrected chi connectivity index (χ3v) is 4.21. The van der Waals surface area contributed by atoms with Crippen LogP contribution in [-0.4, -0.2) is 18.7 Å². The molecule has 0 unspecified atom stereocenters. The molecule has 0 saturated carbocycles. The van der Waals surface area contributed by atoms with E-state index in [1.165, 1.54) is 12.1 Å². The molecule has 18 heavy (non-hydrogen) atoms. The van der Waals surface area contributed by atoms with Crippen LogP contribution in [-0.2, 0) is 16.6 Å². The van der Waals surface area contributed by atoms with Crippen LogP contribution >= 0.6 is 15.9 Å². The fourth-order valence-corrected chi connectivity index (χ4v) is 2.51. The molecule has 0 atom stereocenters. The lowest BCUT2D eigenvalue weighted by atomic mass is 10.5. The van der Waals surface area contributed by atoms with Gasteiger partial charge in [0, 0.05) is 0 Å². The summed E-state index contributed by atoms with van der Waals surface area (Å²) in [6, 6.07) is 2.61. The van der Waals surface area contributed by atoms with Gasteiger partial charge >= 0.3 is 0 Å². The predicted molar refractivity (Wildman–Crippen MR) is 64.4 cm³/mol. The summed E-state index contributed by atoms with van der Waals surface area (Å²) >= 11 is 3.14. The van der Waals surface area contributed by atoms with Gasteiger partial charge < -0.3 is 14.0 Å². The molecule has 0 radical (unpaired) electrons. The normalized spacial score (nSPS) is 11.7. The van der Waals surface area contributed by atoms with Gasteiger partial charge in [-0.3, -0.25) is 0 Å². The van der Waals surface area contributed by atoms with Crippen LogP contribution < -0.4 is 4.72 Å². The highest BCUT2D eigenvalue weighted by Crippen LogP contribution is 2.28. The smallest absolute Gasteiger partial charge is 0.297 e. The summed E-state index contributed by atoms with van der Waals surface area (Å²) in [6.07, 6.45) is 0. The molecule has 2 heterocycles. The number of furan rings is 1. The Kier molecular flexibility index (Phi) is 3.46. The zero-order valence-corrected chi connectivity index (χ0v) is 11.6. The second kappa shape index (κ2) is 4.75. The van der Waals surface area contributed by atoms with Crippen molar-refractivity contribution < 1.29 is 22.5 Å². The molecule has 0 bridgehead atoms. The minimum Gasteiger partial charge on any atom is -0.445 e. The lowest BCUT2D eigenvalue weighted by Crippen LogP contribution is -2.11. The van der Waals surface area contributed by atoms with E-state index in [1.807, 2.05) is 0 Å². The number of nitrogens with zero attached hydrogens (tertiary/aromatic N) is 1. The van der Waals surface area contributed by atoms with Crippen LogP contribution in [0.4, 0.5) is 5.88 Å². The summed E-state index contributed by atoms with van der Waals surface area (Å²) in [5.74, 6) is 0.123. The van der Waals surface area contributed by atoms with Crippen molar-refractivity contribution in [1.82, 2.24) is 5.16 Å². The average Bonchev–Trinajstić information content (AvgIpc) is 2.91. The Balaban J connectivity index is 2.30. The Morgan fingerprint density at radius 3 is 2.72 bits per heavy atom. The Hall–Kier alpha value is -1.32. The first-order valence-corrected chi connectivity index (χ1v) is 7.06. The van der Waals surface area contributed by atoms with E-state index in [0.29, 0.717) is 10.2 Å². The van der Waals surface area contributed by atoms with Crippen LogP contribution in [0.2, 0.25) is 0 Å². The number of nitrogens with one attached hydrogen (secondary N) is 1. The standard InChI is InChI=1S/C9H9BrN2O5S/c1-5-8(10)9(17-11-5)12-18(14,15)7-3-2-6(4-13)16-7/h2-3,12-13H,4H2,1H3. The van der Waals surface area contributed by atoms with Crippen LogP contribution in [0.3, 0.4) is 0 Å². The first-order chi connectivity index (χ1) is 8.44. The maximum Gasteiger partial charge on any atom is 0.297 e. The molecule has 98 valence electrons. The van der Waals surface area contributed by atoms with Gasteiger partial charge in [0.1, 0.15) is 16.8 Å². The molecule has 0 saturated heterocycles. The minimum absolute atomic E-state index is 0.0329. The van der Waals surface area contributed by atoms with E-state index < -0.39 is 10.0 Å². The predicted octanol–water partition coefficient (Wildman–Crippen LogP) is 1.63. The molecule has 7 nitrogen and oxygen atoms in total. The monoisotopic (exact) mass is 336 g/mol. The van der Waals surface area contributed by atoms with Crippen molar-refractivity contribution in [3.63, 3.8) is 0 Å². The van der Waals surface area contributed by atoms with E-state index in [4.69, 9.17) is 14.0 Å². The molecule has 0 aromatic carbocycles. The first kappa shape index (κ1) is 13.1. The number of aliphatic hydroxyl groups excluding tert-OH is 1. The molecule has 0 aliphatic carbocycles. The average molecular weight is 337 g/mol. The molecular weight excluding hydrogens is 328 g/mol. The van der Waals surface area contributed by atoms with E-state index in [9.17, 15) is 8.42 Å². The Bertz CT molecular complexity index is 660. The SMILES string of the molecule is Cc1noc(NS(=O)(=O)c2ccc(CO)o2)c1Br. The lowest BCUT2D eigenvalue weighted by molar-refractivity contribution is 0.236. The van der Waals surface area contributed by atoms with Crippen LogP contribution in [0.5, 0.6) is 0 Å². The van der Waals surface area contributed by atoms with Crippen molar-refractivity contribution >= 4 is 31.8 Å². The molecule has 0 aliphatic heterocycles. The number of rotatable bonds is 4. The quantitative estimate of drug-likeness (QED) is 0.878. The number of aliphatic hydroxyl groups is 1. The molecule has 0 fully saturated rings. The van der Waals surface area contributed by atoms with Gasteiger partial charge in [-0.25, -0.2) is 4.72 Å². The van der Waals surface area contributed by atoms with E-state index in [1.54, 1.807) is 6.92 Å². The number of halogens is 1.